The maximum atomic E-state index is 12.4. The molecule has 1 unspecified atom stereocenters. The lowest BCUT2D eigenvalue weighted by atomic mass is 10.0. The molecule has 1 heterocycles. The number of morpholine rings is 1. The summed E-state index contributed by atoms with van der Waals surface area (Å²) in [5.74, 6) is -1.01. The zero-order chi connectivity index (χ0) is 21.3. The van der Waals surface area contributed by atoms with Crippen LogP contribution in [0.15, 0.2) is 24.3 Å². The van der Waals surface area contributed by atoms with Crippen molar-refractivity contribution in [3.63, 3.8) is 0 Å². The second-order valence-corrected chi connectivity index (χ2v) is 10.1. The molecule has 0 aromatic heterocycles. The lowest BCUT2D eigenvalue weighted by Gasteiger charge is -2.31. The summed E-state index contributed by atoms with van der Waals surface area (Å²) in [6, 6.07) is 6.87. The fourth-order valence-electron chi connectivity index (χ4n) is 3.37. The van der Waals surface area contributed by atoms with Crippen molar-refractivity contribution in [2.45, 2.75) is 44.8 Å². The number of ether oxygens (including phenoxy) is 1. The largest absolute Gasteiger partial charge is 0.478 e. The van der Waals surface area contributed by atoms with Gasteiger partial charge in [-0.05, 0) is 37.0 Å². The fourth-order valence-corrected chi connectivity index (χ4v) is 5.14. The molecule has 1 fully saturated rings. The number of benzene rings is 1. The maximum Gasteiger partial charge on any atom is 0.335 e. The predicted octanol–water partition coefficient (Wildman–Crippen LogP) is 1.86. The van der Waals surface area contributed by atoms with E-state index in [1.54, 1.807) is 18.2 Å². The van der Waals surface area contributed by atoms with E-state index in [2.05, 4.69) is 10.6 Å². The molecule has 1 aromatic rings. The Balaban J connectivity index is 1.68. The highest BCUT2D eigenvalue weighted by atomic mass is 31.2. The van der Waals surface area contributed by atoms with Gasteiger partial charge >= 0.3 is 5.97 Å². The number of carboxylic acid groups (broad SMARTS) is 1. The molecule has 2 rings (SSSR count). The Morgan fingerprint density at radius 2 is 2.10 bits per heavy atom. The van der Waals surface area contributed by atoms with Crippen LogP contribution >= 0.6 is 7.37 Å². The zero-order valence-electron chi connectivity index (χ0n) is 16.8. The Morgan fingerprint density at radius 1 is 1.31 bits per heavy atom. The van der Waals surface area contributed by atoms with Gasteiger partial charge in [-0.25, -0.2) is 4.79 Å². The van der Waals surface area contributed by atoms with Crippen LogP contribution in [0, 0.1) is 0 Å². The molecule has 162 valence electrons. The molecule has 0 aliphatic carbocycles. The quantitative estimate of drug-likeness (QED) is 0.314. The standard InChI is InChI=1S/C20H31N2O6P/c1-15(23)21-8-3-2-4-9-29(26,27)14-19-12-22-18(13-28-19)11-16-6-5-7-17(10-16)20(24)25/h5-7,10,18-19,22H,2-4,8-9,11-14H2,1H3,(H,21,23)(H,24,25)(H,26,27)/t18-,19-/m1/s1. The number of nitrogens with one attached hydrogen (secondary N) is 2. The molecule has 4 N–H and O–H groups in total. The average Bonchev–Trinajstić information content (AvgIpc) is 2.66. The Bertz CT molecular complexity index is 733. The average molecular weight is 426 g/mol. The van der Waals surface area contributed by atoms with Crippen LogP contribution in [0.4, 0.5) is 0 Å². The van der Waals surface area contributed by atoms with Crippen molar-refractivity contribution in [2.75, 3.05) is 32.0 Å². The zero-order valence-corrected chi connectivity index (χ0v) is 17.7. The normalized spacial score (nSPS) is 21.3. The summed E-state index contributed by atoms with van der Waals surface area (Å²) in [7, 11) is -3.25. The van der Waals surface area contributed by atoms with Gasteiger partial charge in [-0.2, -0.15) is 0 Å². The van der Waals surface area contributed by atoms with Gasteiger partial charge in [0.2, 0.25) is 13.3 Å². The van der Waals surface area contributed by atoms with Crippen molar-refractivity contribution < 1.29 is 28.9 Å². The molecule has 1 aliphatic heterocycles. The smallest absolute Gasteiger partial charge is 0.335 e. The molecular weight excluding hydrogens is 395 g/mol. The third-order valence-electron chi connectivity index (χ3n) is 4.87. The number of rotatable bonds is 11. The van der Waals surface area contributed by atoms with Crippen LogP contribution in [0.1, 0.15) is 42.1 Å². The van der Waals surface area contributed by atoms with Crippen molar-refractivity contribution in [1.29, 1.82) is 0 Å². The predicted molar refractivity (Wildman–Crippen MR) is 111 cm³/mol. The van der Waals surface area contributed by atoms with E-state index in [1.807, 2.05) is 6.07 Å². The summed E-state index contributed by atoms with van der Waals surface area (Å²) in [4.78, 5) is 32.1. The summed E-state index contributed by atoms with van der Waals surface area (Å²) in [6.45, 7) is 2.98. The summed E-state index contributed by atoms with van der Waals surface area (Å²) in [6.07, 6.45) is 2.98. The van der Waals surface area contributed by atoms with Crippen molar-refractivity contribution in [1.82, 2.24) is 10.6 Å². The van der Waals surface area contributed by atoms with Crippen molar-refractivity contribution in [3.05, 3.63) is 35.4 Å². The van der Waals surface area contributed by atoms with Crippen LogP contribution in [0.25, 0.3) is 0 Å². The highest BCUT2D eigenvalue weighted by Gasteiger charge is 2.28. The summed E-state index contributed by atoms with van der Waals surface area (Å²) < 4.78 is 18.2. The molecule has 9 heteroatoms. The van der Waals surface area contributed by atoms with E-state index < -0.39 is 13.3 Å². The first-order chi connectivity index (χ1) is 13.7. The first-order valence-electron chi connectivity index (χ1n) is 9.97. The molecule has 1 aliphatic rings. The highest BCUT2D eigenvalue weighted by Crippen LogP contribution is 2.42. The van der Waals surface area contributed by atoms with Gasteiger partial charge in [-0.3, -0.25) is 9.36 Å². The van der Waals surface area contributed by atoms with Crippen LogP contribution in [0.3, 0.4) is 0 Å². The van der Waals surface area contributed by atoms with Crippen molar-refractivity contribution in [2.24, 2.45) is 0 Å². The number of unbranched alkanes of at least 4 members (excludes halogenated alkanes) is 2. The van der Waals surface area contributed by atoms with Crippen molar-refractivity contribution >= 4 is 19.2 Å². The van der Waals surface area contributed by atoms with E-state index in [9.17, 15) is 19.0 Å². The molecule has 1 saturated heterocycles. The minimum atomic E-state index is -3.25. The lowest BCUT2D eigenvalue weighted by molar-refractivity contribution is -0.118. The van der Waals surface area contributed by atoms with E-state index >= 15 is 0 Å². The molecule has 0 saturated carbocycles. The van der Waals surface area contributed by atoms with Crippen LogP contribution in [0.2, 0.25) is 0 Å². The Hall–Kier alpha value is -1.73. The van der Waals surface area contributed by atoms with Gasteiger partial charge in [0.1, 0.15) is 0 Å². The molecule has 1 aromatic carbocycles. The first-order valence-corrected chi connectivity index (χ1v) is 12.0. The Labute approximate surface area is 171 Å². The van der Waals surface area contributed by atoms with Gasteiger partial charge in [0.25, 0.3) is 0 Å². The molecule has 1 amide bonds. The minimum Gasteiger partial charge on any atom is -0.478 e. The number of carbonyl (C=O) groups excluding carboxylic acids is 1. The third kappa shape index (κ3) is 9.09. The second kappa shape index (κ2) is 11.5. The summed E-state index contributed by atoms with van der Waals surface area (Å²) >= 11 is 0. The third-order valence-corrected chi connectivity index (χ3v) is 6.86. The maximum absolute atomic E-state index is 12.4. The number of amides is 1. The monoisotopic (exact) mass is 426 g/mol. The van der Waals surface area contributed by atoms with E-state index in [0.29, 0.717) is 32.5 Å². The van der Waals surface area contributed by atoms with Crippen LogP contribution < -0.4 is 10.6 Å². The molecule has 3 atom stereocenters. The fraction of sp³-hybridized carbons (Fsp3) is 0.600. The second-order valence-electron chi connectivity index (χ2n) is 7.57. The van der Waals surface area contributed by atoms with Gasteiger partial charge in [0.05, 0.1) is 24.4 Å². The first kappa shape index (κ1) is 23.5. The van der Waals surface area contributed by atoms with E-state index in [1.165, 1.54) is 6.92 Å². The number of aromatic carboxylic acids is 1. The molecule has 0 spiro atoms. The Morgan fingerprint density at radius 3 is 2.76 bits per heavy atom. The van der Waals surface area contributed by atoms with Gasteiger partial charge in [0, 0.05) is 32.2 Å². The number of hydrogen-bond donors (Lipinski definition) is 4. The minimum absolute atomic E-state index is 0.0437. The number of hydrogen-bond acceptors (Lipinski definition) is 5. The van der Waals surface area contributed by atoms with Crippen LogP contribution in [0.5, 0.6) is 0 Å². The van der Waals surface area contributed by atoms with Crippen molar-refractivity contribution in [3.8, 4) is 0 Å². The van der Waals surface area contributed by atoms with Gasteiger partial charge < -0.3 is 25.4 Å². The molecule has 0 bridgehead atoms. The topological polar surface area (TPSA) is 125 Å². The van der Waals surface area contributed by atoms with Gasteiger partial charge in [0.15, 0.2) is 0 Å². The number of carbonyl (C=O) groups is 2. The summed E-state index contributed by atoms with van der Waals surface area (Å²) in [5.41, 5.74) is 1.17. The van der Waals surface area contributed by atoms with Crippen LogP contribution in [-0.4, -0.2) is 66.0 Å². The van der Waals surface area contributed by atoms with Gasteiger partial charge in [-0.1, -0.05) is 18.6 Å². The molecule has 0 radical (unpaired) electrons. The SMILES string of the molecule is CC(=O)NCCCCCP(=O)(O)C[C@H]1CN[C@H](Cc2cccc(C(=O)O)c2)CO1. The Kier molecular flexibility index (Phi) is 9.30. The van der Waals surface area contributed by atoms with E-state index in [4.69, 9.17) is 9.84 Å². The van der Waals surface area contributed by atoms with Gasteiger partial charge in [-0.15, -0.1) is 0 Å². The molecular formula is C20H31N2O6P. The lowest BCUT2D eigenvalue weighted by Crippen LogP contribution is -2.48. The van der Waals surface area contributed by atoms with E-state index in [-0.39, 0.29) is 35.9 Å². The molecule has 29 heavy (non-hydrogen) atoms. The van der Waals surface area contributed by atoms with E-state index in [0.717, 1.165) is 18.4 Å². The van der Waals surface area contributed by atoms with Crippen LogP contribution in [-0.2, 0) is 20.5 Å². The molecule has 8 nitrogen and oxygen atoms in total. The summed E-state index contributed by atoms with van der Waals surface area (Å²) in [5, 5.41) is 15.1. The highest BCUT2D eigenvalue weighted by molar-refractivity contribution is 7.58. The number of carboxylic acids is 1.